The number of pyridine rings is 2. The molecule has 2 aromatic heterocycles. The van der Waals surface area contributed by atoms with Gasteiger partial charge in [-0.25, -0.2) is 4.98 Å². The predicted octanol–water partition coefficient (Wildman–Crippen LogP) is 3.43. The first-order chi connectivity index (χ1) is 12.8. The minimum Gasteiger partial charge on any atom is -0.353 e. The topological polar surface area (TPSA) is 58.1 Å². The molecule has 0 aliphatic carbocycles. The van der Waals surface area contributed by atoms with E-state index < -0.39 is 0 Å². The van der Waals surface area contributed by atoms with Gasteiger partial charge in [0.2, 0.25) is 0 Å². The third-order valence-electron chi connectivity index (χ3n) is 4.11. The van der Waals surface area contributed by atoms with Gasteiger partial charge in [0.25, 0.3) is 5.91 Å². The number of aromatic nitrogens is 2. The Morgan fingerprint density at radius 3 is 2.46 bits per heavy atom. The van der Waals surface area contributed by atoms with Crippen LogP contribution in [-0.4, -0.2) is 22.4 Å². The van der Waals surface area contributed by atoms with Crippen LogP contribution in [0.2, 0.25) is 0 Å². The van der Waals surface area contributed by atoms with Crippen molar-refractivity contribution in [2.24, 2.45) is 0 Å². The second-order valence-corrected chi connectivity index (χ2v) is 5.95. The van der Waals surface area contributed by atoms with Crippen molar-refractivity contribution in [2.75, 3.05) is 11.4 Å². The quantitative estimate of drug-likeness (QED) is 0.712. The Labute approximate surface area is 153 Å². The summed E-state index contributed by atoms with van der Waals surface area (Å²) >= 11 is 0. The van der Waals surface area contributed by atoms with Gasteiger partial charge in [0, 0.05) is 38.2 Å². The van der Waals surface area contributed by atoms with Crippen molar-refractivity contribution in [1.29, 1.82) is 0 Å². The van der Waals surface area contributed by atoms with Crippen molar-refractivity contribution in [3.05, 3.63) is 89.9 Å². The fraction of sp³-hybridized carbons (Fsp3) is 0.190. The number of amides is 1. The third kappa shape index (κ3) is 4.66. The van der Waals surface area contributed by atoms with Crippen molar-refractivity contribution < 1.29 is 4.79 Å². The molecule has 0 spiro atoms. The molecule has 0 unspecified atom stereocenters. The lowest BCUT2D eigenvalue weighted by molar-refractivity contribution is 0.0950. The van der Waals surface area contributed by atoms with E-state index in [0.29, 0.717) is 12.1 Å². The van der Waals surface area contributed by atoms with Gasteiger partial charge >= 0.3 is 0 Å². The van der Waals surface area contributed by atoms with Gasteiger partial charge in [0.15, 0.2) is 0 Å². The number of benzene rings is 1. The number of hydrogen-bond donors (Lipinski definition) is 1. The smallest absolute Gasteiger partial charge is 0.253 e. The van der Waals surface area contributed by atoms with Crippen LogP contribution in [0.25, 0.3) is 0 Å². The molecule has 26 heavy (non-hydrogen) atoms. The van der Waals surface area contributed by atoms with E-state index >= 15 is 0 Å². The normalized spacial score (nSPS) is 10.3. The lowest BCUT2D eigenvalue weighted by Crippen LogP contribution is -2.25. The molecule has 1 N–H and O–H groups in total. The van der Waals surface area contributed by atoms with Crippen LogP contribution in [0.5, 0.6) is 0 Å². The zero-order chi connectivity index (χ0) is 18.2. The number of nitrogens with one attached hydrogen (secondary N) is 1. The zero-order valence-electron chi connectivity index (χ0n) is 14.8. The second-order valence-electron chi connectivity index (χ2n) is 5.95. The molecule has 3 aromatic rings. The molecule has 5 nitrogen and oxygen atoms in total. The summed E-state index contributed by atoms with van der Waals surface area (Å²) in [6.07, 6.45) is 5.08. The Hall–Kier alpha value is -3.21. The van der Waals surface area contributed by atoms with E-state index in [0.717, 1.165) is 24.5 Å². The average molecular weight is 346 g/mol. The highest BCUT2D eigenvalue weighted by Crippen LogP contribution is 2.15. The van der Waals surface area contributed by atoms with Crippen LogP contribution in [0.15, 0.2) is 73.2 Å². The minimum atomic E-state index is -0.140. The number of rotatable bonds is 7. The van der Waals surface area contributed by atoms with E-state index in [1.54, 1.807) is 18.6 Å². The van der Waals surface area contributed by atoms with Gasteiger partial charge in [-0.3, -0.25) is 9.78 Å². The van der Waals surface area contributed by atoms with Gasteiger partial charge in [-0.15, -0.1) is 0 Å². The average Bonchev–Trinajstić information content (AvgIpc) is 2.72. The monoisotopic (exact) mass is 346 g/mol. The minimum absolute atomic E-state index is 0.140. The fourth-order valence-corrected chi connectivity index (χ4v) is 2.65. The predicted molar refractivity (Wildman–Crippen MR) is 103 cm³/mol. The van der Waals surface area contributed by atoms with Crippen LogP contribution in [0.3, 0.4) is 0 Å². The van der Waals surface area contributed by atoms with E-state index in [1.165, 1.54) is 5.56 Å². The summed E-state index contributed by atoms with van der Waals surface area (Å²) < 4.78 is 0. The first-order valence-electron chi connectivity index (χ1n) is 8.68. The van der Waals surface area contributed by atoms with Crippen LogP contribution in [-0.2, 0) is 13.1 Å². The third-order valence-corrected chi connectivity index (χ3v) is 4.11. The number of anilines is 1. The van der Waals surface area contributed by atoms with Gasteiger partial charge in [-0.2, -0.15) is 0 Å². The van der Waals surface area contributed by atoms with Crippen molar-refractivity contribution in [1.82, 2.24) is 15.3 Å². The molecule has 3 rings (SSSR count). The van der Waals surface area contributed by atoms with Crippen LogP contribution in [0, 0.1) is 0 Å². The highest BCUT2D eigenvalue weighted by Gasteiger charge is 2.10. The second kappa shape index (κ2) is 8.76. The highest BCUT2D eigenvalue weighted by atomic mass is 16.1. The molecule has 0 atom stereocenters. The van der Waals surface area contributed by atoms with Crippen molar-refractivity contribution in [3.63, 3.8) is 0 Å². The summed E-state index contributed by atoms with van der Waals surface area (Å²) in [4.78, 5) is 23.0. The molecular weight excluding hydrogens is 324 g/mol. The van der Waals surface area contributed by atoms with Crippen LogP contribution in [0.1, 0.15) is 28.4 Å². The van der Waals surface area contributed by atoms with E-state index in [2.05, 4.69) is 39.2 Å². The highest BCUT2D eigenvalue weighted by molar-refractivity contribution is 5.94. The molecule has 0 saturated carbocycles. The Morgan fingerprint density at radius 1 is 1.00 bits per heavy atom. The standard InChI is InChI=1S/C21H22N4O/c1-2-25(16-17-7-4-3-5-8-17)20-11-10-19(15-23-20)21(26)24-14-18-9-6-12-22-13-18/h3-13,15H,2,14,16H2,1H3,(H,24,26). The SMILES string of the molecule is CCN(Cc1ccccc1)c1ccc(C(=O)NCc2cccnc2)cn1. The van der Waals surface area contributed by atoms with E-state index in [1.807, 2.05) is 42.5 Å². The van der Waals surface area contributed by atoms with E-state index in [4.69, 9.17) is 0 Å². The summed E-state index contributed by atoms with van der Waals surface area (Å²) in [7, 11) is 0. The molecule has 132 valence electrons. The molecule has 0 radical (unpaired) electrons. The Bertz CT molecular complexity index is 820. The van der Waals surface area contributed by atoms with Crippen molar-refractivity contribution in [2.45, 2.75) is 20.0 Å². The molecule has 5 heteroatoms. The van der Waals surface area contributed by atoms with Crippen LogP contribution in [0.4, 0.5) is 5.82 Å². The van der Waals surface area contributed by atoms with Crippen molar-refractivity contribution in [3.8, 4) is 0 Å². The van der Waals surface area contributed by atoms with E-state index in [9.17, 15) is 4.79 Å². The summed E-state index contributed by atoms with van der Waals surface area (Å²) in [5, 5.41) is 2.89. The van der Waals surface area contributed by atoms with Gasteiger partial charge in [-0.1, -0.05) is 36.4 Å². The lowest BCUT2D eigenvalue weighted by atomic mass is 10.2. The number of hydrogen-bond acceptors (Lipinski definition) is 4. The maximum absolute atomic E-state index is 12.3. The molecule has 0 fully saturated rings. The van der Waals surface area contributed by atoms with Gasteiger partial charge in [0.05, 0.1) is 5.56 Å². The molecular formula is C21H22N4O. The molecule has 0 aliphatic heterocycles. The molecule has 0 bridgehead atoms. The molecule has 2 heterocycles. The van der Waals surface area contributed by atoms with Crippen LogP contribution < -0.4 is 10.2 Å². The van der Waals surface area contributed by atoms with Gasteiger partial charge in [-0.05, 0) is 36.2 Å². The van der Waals surface area contributed by atoms with E-state index in [-0.39, 0.29) is 5.91 Å². The number of carbonyl (C=O) groups excluding carboxylic acids is 1. The maximum atomic E-state index is 12.3. The Morgan fingerprint density at radius 2 is 1.81 bits per heavy atom. The summed E-state index contributed by atoms with van der Waals surface area (Å²) in [5.74, 6) is 0.721. The number of carbonyl (C=O) groups is 1. The molecule has 0 saturated heterocycles. The number of nitrogens with zero attached hydrogens (tertiary/aromatic N) is 3. The molecule has 1 amide bonds. The lowest BCUT2D eigenvalue weighted by Gasteiger charge is -2.22. The Balaban J connectivity index is 1.62. The fourth-order valence-electron chi connectivity index (χ4n) is 2.65. The summed E-state index contributed by atoms with van der Waals surface area (Å²) in [5.41, 5.74) is 2.74. The Kier molecular flexibility index (Phi) is 5.93. The summed E-state index contributed by atoms with van der Waals surface area (Å²) in [6, 6.07) is 17.8. The largest absolute Gasteiger partial charge is 0.353 e. The molecule has 1 aromatic carbocycles. The first-order valence-corrected chi connectivity index (χ1v) is 8.68. The van der Waals surface area contributed by atoms with Gasteiger partial charge < -0.3 is 10.2 Å². The first kappa shape index (κ1) is 17.6. The van der Waals surface area contributed by atoms with Gasteiger partial charge in [0.1, 0.15) is 5.82 Å². The molecule has 0 aliphatic rings. The maximum Gasteiger partial charge on any atom is 0.253 e. The van der Waals surface area contributed by atoms with Crippen LogP contribution >= 0.6 is 0 Å². The summed E-state index contributed by atoms with van der Waals surface area (Å²) in [6.45, 7) is 4.17. The zero-order valence-corrected chi connectivity index (χ0v) is 14.8. The van der Waals surface area contributed by atoms with Crippen molar-refractivity contribution >= 4 is 11.7 Å².